The fraction of sp³-hybridized carbons (Fsp3) is 0.150. The van der Waals surface area contributed by atoms with Crippen LogP contribution in [-0.4, -0.2) is 28.8 Å². The van der Waals surface area contributed by atoms with Gasteiger partial charge in [0.1, 0.15) is 5.82 Å². The summed E-state index contributed by atoms with van der Waals surface area (Å²) in [6.07, 6.45) is 1.94. The molecule has 0 saturated carbocycles. The highest BCUT2D eigenvalue weighted by Crippen LogP contribution is 2.20. The average Bonchev–Trinajstić information content (AvgIpc) is 2.71. The number of nitrogens with zero attached hydrogens (tertiary/aromatic N) is 2. The predicted octanol–water partition coefficient (Wildman–Crippen LogP) is 2.17. The number of H-pyrrole nitrogens is 1. The van der Waals surface area contributed by atoms with Gasteiger partial charge in [0, 0.05) is 17.5 Å². The number of nitrogen functional groups attached to an aromatic ring is 1. The van der Waals surface area contributed by atoms with Crippen LogP contribution in [0.1, 0.15) is 15.9 Å². The van der Waals surface area contributed by atoms with Crippen molar-refractivity contribution in [3.05, 3.63) is 86.6 Å². The van der Waals surface area contributed by atoms with Crippen LogP contribution in [0, 0.1) is 0 Å². The average molecular weight is 396 g/mol. The first-order valence-electron chi connectivity index (χ1n) is 8.51. The lowest BCUT2D eigenvalue weighted by atomic mass is 10.2. The van der Waals surface area contributed by atoms with E-state index in [0.717, 1.165) is 10.5 Å². The molecule has 7 nitrogen and oxygen atoms in total. The minimum absolute atomic E-state index is 0.0607. The Morgan fingerprint density at radius 3 is 2.36 bits per heavy atom. The molecule has 0 spiro atoms. The molecule has 0 fully saturated rings. The number of carbonyl (C=O) groups is 1. The minimum atomic E-state index is -0.705. The molecular formula is C20H20N4O3S. The second-order valence-electron chi connectivity index (χ2n) is 6.16. The summed E-state index contributed by atoms with van der Waals surface area (Å²) in [6, 6.07) is 16.3. The summed E-state index contributed by atoms with van der Waals surface area (Å²) in [7, 11) is 1.46. The highest BCUT2D eigenvalue weighted by Gasteiger charge is 2.22. The van der Waals surface area contributed by atoms with Gasteiger partial charge in [-0.05, 0) is 36.1 Å². The zero-order chi connectivity index (χ0) is 20.3. The van der Waals surface area contributed by atoms with E-state index in [-0.39, 0.29) is 18.1 Å². The Morgan fingerprint density at radius 1 is 1.11 bits per heavy atom. The molecule has 0 atom stereocenters. The Kier molecular flexibility index (Phi) is 5.70. The molecule has 0 aliphatic heterocycles. The van der Waals surface area contributed by atoms with Crippen LogP contribution in [0.3, 0.4) is 0 Å². The molecule has 3 aromatic rings. The second-order valence-corrected chi connectivity index (χ2v) is 7.04. The Bertz CT molecular complexity index is 1110. The SMILES string of the molecule is CSc1ccc(C(=O)N(C)c2c(N)n(Cc3ccccc3)c(=O)[nH]c2=O)cc1. The largest absolute Gasteiger partial charge is 0.383 e. The van der Waals surface area contributed by atoms with Gasteiger partial charge in [0.05, 0.1) is 6.54 Å². The lowest BCUT2D eigenvalue weighted by molar-refractivity contribution is 0.0992. The van der Waals surface area contributed by atoms with Gasteiger partial charge in [-0.25, -0.2) is 4.79 Å². The van der Waals surface area contributed by atoms with Gasteiger partial charge in [0.15, 0.2) is 5.69 Å². The summed E-state index contributed by atoms with van der Waals surface area (Å²) in [5.74, 6) is -0.455. The van der Waals surface area contributed by atoms with Crippen LogP contribution in [0.5, 0.6) is 0 Å². The summed E-state index contributed by atoms with van der Waals surface area (Å²) in [4.78, 5) is 41.9. The molecule has 28 heavy (non-hydrogen) atoms. The third kappa shape index (κ3) is 3.86. The number of aromatic amines is 1. The lowest BCUT2D eigenvalue weighted by Gasteiger charge is -2.20. The number of amides is 1. The number of carbonyl (C=O) groups excluding carboxylic acids is 1. The highest BCUT2D eigenvalue weighted by atomic mass is 32.2. The van der Waals surface area contributed by atoms with Crippen molar-refractivity contribution in [1.29, 1.82) is 0 Å². The van der Waals surface area contributed by atoms with Crippen molar-refractivity contribution in [2.45, 2.75) is 11.4 Å². The van der Waals surface area contributed by atoms with E-state index in [9.17, 15) is 14.4 Å². The second kappa shape index (κ2) is 8.18. The molecular weight excluding hydrogens is 376 g/mol. The van der Waals surface area contributed by atoms with E-state index in [1.54, 1.807) is 23.9 Å². The molecule has 0 unspecified atom stereocenters. The molecule has 1 heterocycles. The molecule has 0 aliphatic rings. The van der Waals surface area contributed by atoms with Gasteiger partial charge in [-0.2, -0.15) is 0 Å². The Hall–Kier alpha value is -3.26. The summed E-state index contributed by atoms with van der Waals surface area (Å²) in [5, 5.41) is 0. The summed E-state index contributed by atoms with van der Waals surface area (Å²) < 4.78 is 1.24. The zero-order valence-electron chi connectivity index (χ0n) is 15.5. The van der Waals surface area contributed by atoms with Gasteiger partial charge >= 0.3 is 5.69 Å². The molecule has 1 aromatic heterocycles. The third-order valence-electron chi connectivity index (χ3n) is 4.37. The van der Waals surface area contributed by atoms with Crippen LogP contribution in [0.2, 0.25) is 0 Å². The molecule has 1 amide bonds. The maximum Gasteiger partial charge on any atom is 0.330 e. The molecule has 8 heteroatoms. The van der Waals surface area contributed by atoms with Crippen LogP contribution in [0.25, 0.3) is 0 Å². The summed E-state index contributed by atoms with van der Waals surface area (Å²) in [6.45, 7) is 0.180. The minimum Gasteiger partial charge on any atom is -0.383 e. The number of hydrogen-bond acceptors (Lipinski definition) is 5. The van der Waals surface area contributed by atoms with E-state index in [1.807, 2.05) is 48.7 Å². The number of nitrogens with two attached hydrogens (primary N) is 1. The van der Waals surface area contributed by atoms with Crippen molar-refractivity contribution < 1.29 is 4.79 Å². The van der Waals surface area contributed by atoms with Crippen molar-refractivity contribution >= 4 is 29.2 Å². The lowest BCUT2D eigenvalue weighted by Crippen LogP contribution is -2.39. The number of rotatable bonds is 5. The summed E-state index contributed by atoms with van der Waals surface area (Å²) >= 11 is 1.57. The first-order chi connectivity index (χ1) is 13.4. The van der Waals surface area contributed by atoms with Crippen LogP contribution in [0.4, 0.5) is 11.5 Å². The third-order valence-corrected chi connectivity index (χ3v) is 5.12. The van der Waals surface area contributed by atoms with Crippen LogP contribution in [-0.2, 0) is 6.54 Å². The predicted molar refractivity (Wildman–Crippen MR) is 112 cm³/mol. The van der Waals surface area contributed by atoms with E-state index in [2.05, 4.69) is 4.98 Å². The Labute approximate surface area is 165 Å². The molecule has 0 saturated heterocycles. The van der Waals surface area contributed by atoms with Gasteiger partial charge < -0.3 is 10.6 Å². The van der Waals surface area contributed by atoms with Crippen LogP contribution in [0.15, 0.2) is 69.1 Å². The van der Waals surface area contributed by atoms with Crippen molar-refractivity contribution in [2.24, 2.45) is 0 Å². The van der Waals surface area contributed by atoms with E-state index in [4.69, 9.17) is 5.73 Å². The fourth-order valence-corrected chi connectivity index (χ4v) is 3.26. The quantitative estimate of drug-likeness (QED) is 0.644. The monoisotopic (exact) mass is 396 g/mol. The number of hydrogen-bond donors (Lipinski definition) is 2. The molecule has 0 bridgehead atoms. The van der Waals surface area contributed by atoms with E-state index >= 15 is 0 Å². The van der Waals surface area contributed by atoms with E-state index < -0.39 is 17.2 Å². The van der Waals surface area contributed by atoms with Crippen LogP contribution < -0.4 is 21.9 Å². The zero-order valence-corrected chi connectivity index (χ0v) is 16.3. The van der Waals surface area contributed by atoms with E-state index in [0.29, 0.717) is 5.56 Å². The van der Waals surface area contributed by atoms with Crippen molar-refractivity contribution in [1.82, 2.24) is 9.55 Å². The molecule has 0 aliphatic carbocycles. The smallest absolute Gasteiger partial charge is 0.330 e. The fourth-order valence-electron chi connectivity index (χ4n) is 2.85. The molecule has 144 valence electrons. The number of thioether (sulfide) groups is 1. The highest BCUT2D eigenvalue weighted by molar-refractivity contribution is 7.98. The molecule has 3 rings (SSSR count). The van der Waals surface area contributed by atoms with Crippen molar-refractivity contribution in [3.8, 4) is 0 Å². The van der Waals surface area contributed by atoms with Gasteiger partial charge in [0.25, 0.3) is 11.5 Å². The van der Waals surface area contributed by atoms with Crippen LogP contribution >= 0.6 is 11.8 Å². The maximum atomic E-state index is 12.8. The van der Waals surface area contributed by atoms with Gasteiger partial charge in [-0.1, -0.05) is 30.3 Å². The molecule has 0 radical (unpaired) electrons. The topological polar surface area (TPSA) is 101 Å². The summed E-state index contributed by atoms with van der Waals surface area (Å²) in [5.41, 5.74) is 6.01. The standard InChI is InChI=1S/C20H20N4O3S/c1-23(19(26)14-8-10-15(28-2)11-9-14)16-17(21)24(20(27)22-18(16)25)12-13-6-4-3-5-7-13/h3-11H,12,21H2,1-2H3,(H,22,25,27). The van der Waals surface area contributed by atoms with Crippen molar-refractivity contribution in [3.63, 3.8) is 0 Å². The molecule has 3 N–H and O–H groups in total. The normalized spacial score (nSPS) is 10.6. The number of nitrogens with one attached hydrogen (secondary N) is 1. The van der Waals surface area contributed by atoms with Gasteiger partial charge in [-0.3, -0.25) is 19.1 Å². The Morgan fingerprint density at radius 2 is 1.75 bits per heavy atom. The van der Waals surface area contributed by atoms with Gasteiger partial charge in [-0.15, -0.1) is 11.8 Å². The number of benzene rings is 2. The van der Waals surface area contributed by atoms with E-state index in [1.165, 1.54) is 16.5 Å². The van der Waals surface area contributed by atoms with Crippen molar-refractivity contribution in [2.75, 3.05) is 23.9 Å². The first kappa shape index (κ1) is 19.5. The first-order valence-corrected chi connectivity index (χ1v) is 9.73. The molecule has 2 aromatic carbocycles. The maximum absolute atomic E-state index is 12.8. The Balaban J connectivity index is 2.00. The van der Waals surface area contributed by atoms with Gasteiger partial charge in [0.2, 0.25) is 0 Å². The number of aromatic nitrogens is 2. The number of anilines is 2.